The lowest BCUT2D eigenvalue weighted by Gasteiger charge is -2.06. The van der Waals surface area contributed by atoms with E-state index in [0.717, 1.165) is 11.3 Å². The Bertz CT molecular complexity index is 833. The van der Waals surface area contributed by atoms with Gasteiger partial charge in [-0.1, -0.05) is 36.4 Å². The van der Waals surface area contributed by atoms with E-state index in [4.69, 9.17) is 9.84 Å². The van der Waals surface area contributed by atoms with Gasteiger partial charge in [0.25, 0.3) is 5.91 Å². The van der Waals surface area contributed by atoms with Crippen LogP contribution in [0.4, 0.5) is 5.13 Å². The Balaban J connectivity index is 1.63. The molecule has 6 heteroatoms. The number of aromatic nitrogens is 1. The Labute approximate surface area is 149 Å². The number of nitrogens with zero attached hydrogens (tertiary/aromatic N) is 1. The summed E-state index contributed by atoms with van der Waals surface area (Å²) in [4.78, 5) is 17.7. The predicted molar refractivity (Wildman–Crippen MR) is 98.3 cm³/mol. The summed E-state index contributed by atoms with van der Waals surface area (Å²) >= 11 is 1.46. The lowest BCUT2D eigenvalue weighted by Crippen LogP contribution is -2.12. The van der Waals surface area contributed by atoms with Gasteiger partial charge in [0.15, 0.2) is 5.13 Å². The van der Waals surface area contributed by atoms with Crippen LogP contribution in [0.2, 0.25) is 0 Å². The number of anilines is 1. The van der Waals surface area contributed by atoms with Crippen molar-refractivity contribution >= 4 is 22.4 Å². The van der Waals surface area contributed by atoms with Crippen molar-refractivity contribution in [3.63, 3.8) is 0 Å². The van der Waals surface area contributed by atoms with Crippen molar-refractivity contribution in [2.24, 2.45) is 0 Å². The van der Waals surface area contributed by atoms with Gasteiger partial charge in [-0.25, -0.2) is 4.98 Å². The van der Waals surface area contributed by atoms with E-state index in [1.807, 2.05) is 18.2 Å². The van der Waals surface area contributed by atoms with Gasteiger partial charge >= 0.3 is 0 Å². The van der Waals surface area contributed by atoms with Crippen LogP contribution < -0.4 is 10.1 Å². The van der Waals surface area contributed by atoms with Gasteiger partial charge in [0.05, 0.1) is 6.61 Å². The molecular weight excluding hydrogens is 336 g/mol. The second-order valence-corrected chi connectivity index (χ2v) is 6.46. The number of hydrogen-bond acceptors (Lipinski definition) is 5. The number of carbonyl (C=O) groups is 1. The Kier molecular flexibility index (Phi) is 5.77. The van der Waals surface area contributed by atoms with Crippen molar-refractivity contribution in [2.75, 3.05) is 18.5 Å². The number of thiazole rings is 1. The minimum absolute atomic E-state index is 0.0697. The highest BCUT2D eigenvalue weighted by molar-refractivity contribution is 7.15. The fourth-order valence-electron chi connectivity index (χ4n) is 2.30. The van der Waals surface area contributed by atoms with Gasteiger partial charge < -0.3 is 9.84 Å². The third-order valence-electron chi connectivity index (χ3n) is 3.45. The SMILES string of the molecule is O=C(Nc1ncc(Cc2ccccc2)s1)c1cccc(OCCO)c1. The van der Waals surface area contributed by atoms with Gasteiger partial charge in [-0.3, -0.25) is 10.1 Å². The summed E-state index contributed by atoms with van der Waals surface area (Å²) in [5, 5.41) is 12.2. The number of aliphatic hydroxyl groups excluding tert-OH is 1. The molecule has 0 aliphatic carbocycles. The van der Waals surface area contributed by atoms with Crippen LogP contribution in [0, 0.1) is 0 Å². The summed E-state index contributed by atoms with van der Waals surface area (Å²) in [6.07, 6.45) is 2.58. The molecule has 1 heterocycles. The third-order valence-corrected chi connectivity index (χ3v) is 4.36. The minimum Gasteiger partial charge on any atom is -0.491 e. The number of carbonyl (C=O) groups excluding carboxylic acids is 1. The van der Waals surface area contributed by atoms with Crippen molar-refractivity contribution in [2.45, 2.75) is 6.42 Å². The molecule has 0 radical (unpaired) electrons. The van der Waals surface area contributed by atoms with Crippen LogP contribution in [0.25, 0.3) is 0 Å². The Morgan fingerprint density at radius 1 is 1.16 bits per heavy atom. The largest absolute Gasteiger partial charge is 0.491 e. The van der Waals surface area contributed by atoms with Crippen LogP contribution >= 0.6 is 11.3 Å². The lowest BCUT2D eigenvalue weighted by molar-refractivity contribution is 0.102. The summed E-state index contributed by atoms with van der Waals surface area (Å²) in [7, 11) is 0. The quantitative estimate of drug-likeness (QED) is 0.682. The van der Waals surface area contributed by atoms with Gasteiger partial charge in [0.1, 0.15) is 12.4 Å². The smallest absolute Gasteiger partial charge is 0.257 e. The first kappa shape index (κ1) is 17.1. The molecule has 5 nitrogen and oxygen atoms in total. The van der Waals surface area contributed by atoms with E-state index in [1.54, 1.807) is 30.5 Å². The van der Waals surface area contributed by atoms with E-state index in [2.05, 4.69) is 22.4 Å². The Morgan fingerprint density at radius 3 is 2.80 bits per heavy atom. The monoisotopic (exact) mass is 354 g/mol. The zero-order chi connectivity index (χ0) is 17.5. The van der Waals surface area contributed by atoms with Crippen LogP contribution in [0.3, 0.4) is 0 Å². The summed E-state index contributed by atoms with van der Waals surface area (Å²) in [6.45, 7) is 0.125. The van der Waals surface area contributed by atoms with E-state index >= 15 is 0 Å². The van der Waals surface area contributed by atoms with Crippen LogP contribution in [-0.2, 0) is 6.42 Å². The minimum atomic E-state index is -0.241. The zero-order valence-corrected chi connectivity index (χ0v) is 14.3. The van der Waals surface area contributed by atoms with E-state index < -0.39 is 0 Å². The maximum absolute atomic E-state index is 12.4. The molecule has 0 saturated carbocycles. The fourth-order valence-corrected chi connectivity index (χ4v) is 3.15. The van der Waals surface area contributed by atoms with Crippen molar-refractivity contribution < 1.29 is 14.6 Å². The fraction of sp³-hybridized carbons (Fsp3) is 0.158. The Hall–Kier alpha value is -2.70. The molecular formula is C19H18N2O3S. The predicted octanol–water partition coefficient (Wildman–Crippen LogP) is 3.36. The molecule has 1 aromatic heterocycles. The van der Waals surface area contributed by atoms with Crippen LogP contribution in [0.5, 0.6) is 5.75 Å². The van der Waals surface area contributed by atoms with Gasteiger partial charge in [-0.2, -0.15) is 0 Å². The number of nitrogens with one attached hydrogen (secondary N) is 1. The zero-order valence-electron chi connectivity index (χ0n) is 13.5. The number of amides is 1. The van der Waals surface area contributed by atoms with Gasteiger partial charge in [-0.15, -0.1) is 11.3 Å². The van der Waals surface area contributed by atoms with Crippen LogP contribution in [-0.4, -0.2) is 29.2 Å². The first-order valence-corrected chi connectivity index (χ1v) is 8.70. The highest BCUT2D eigenvalue weighted by atomic mass is 32.1. The van der Waals surface area contributed by atoms with Crippen molar-refractivity contribution in [3.8, 4) is 5.75 Å². The maximum atomic E-state index is 12.4. The third kappa shape index (κ3) is 4.89. The lowest BCUT2D eigenvalue weighted by atomic mass is 10.1. The van der Waals surface area contributed by atoms with E-state index in [9.17, 15) is 4.79 Å². The average molecular weight is 354 g/mol. The maximum Gasteiger partial charge on any atom is 0.257 e. The second-order valence-electron chi connectivity index (χ2n) is 5.35. The van der Waals surface area contributed by atoms with E-state index in [-0.39, 0.29) is 19.1 Å². The molecule has 25 heavy (non-hydrogen) atoms. The molecule has 1 amide bonds. The van der Waals surface area contributed by atoms with Gasteiger partial charge in [0, 0.05) is 23.1 Å². The summed E-state index contributed by atoms with van der Waals surface area (Å²) in [6, 6.07) is 17.0. The average Bonchev–Trinajstić information content (AvgIpc) is 3.08. The van der Waals surface area contributed by atoms with Crippen molar-refractivity contribution in [3.05, 3.63) is 76.8 Å². The molecule has 2 aromatic carbocycles. The molecule has 0 unspecified atom stereocenters. The first-order valence-electron chi connectivity index (χ1n) is 7.88. The summed E-state index contributed by atoms with van der Waals surface area (Å²) < 4.78 is 5.32. The molecule has 0 spiro atoms. The molecule has 0 aliphatic heterocycles. The highest BCUT2D eigenvalue weighted by Crippen LogP contribution is 2.22. The second kappa shape index (κ2) is 8.41. The molecule has 3 aromatic rings. The number of aliphatic hydroxyl groups is 1. The van der Waals surface area contributed by atoms with Crippen LogP contribution in [0.15, 0.2) is 60.8 Å². The topological polar surface area (TPSA) is 71.5 Å². The van der Waals surface area contributed by atoms with Crippen LogP contribution in [0.1, 0.15) is 20.8 Å². The number of hydrogen-bond donors (Lipinski definition) is 2. The van der Waals surface area contributed by atoms with Crippen molar-refractivity contribution in [1.82, 2.24) is 4.98 Å². The molecule has 0 atom stereocenters. The molecule has 3 rings (SSSR count). The molecule has 0 saturated heterocycles. The molecule has 2 N–H and O–H groups in total. The van der Waals surface area contributed by atoms with E-state index in [0.29, 0.717) is 16.4 Å². The first-order chi connectivity index (χ1) is 12.2. The molecule has 128 valence electrons. The summed E-state index contributed by atoms with van der Waals surface area (Å²) in [5.74, 6) is 0.306. The number of ether oxygens (including phenoxy) is 1. The highest BCUT2D eigenvalue weighted by Gasteiger charge is 2.10. The van der Waals surface area contributed by atoms with E-state index in [1.165, 1.54) is 16.9 Å². The molecule has 0 fully saturated rings. The molecule has 0 aliphatic rings. The van der Waals surface area contributed by atoms with Gasteiger partial charge in [0.2, 0.25) is 0 Å². The Morgan fingerprint density at radius 2 is 2.00 bits per heavy atom. The number of benzene rings is 2. The molecule has 0 bridgehead atoms. The van der Waals surface area contributed by atoms with Crippen molar-refractivity contribution in [1.29, 1.82) is 0 Å². The summed E-state index contributed by atoms with van der Waals surface area (Å²) in [5.41, 5.74) is 1.69. The number of rotatable bonds is 7. The van der Waals surface area contributed by atoms with Gasteiger partial charge in [-0.05, 0) is 23.8 Å². The normalized spacial score (nSPS) is 10.4. The standard InChI is InChI=1S/C19H18N2O3S/c22-9-10-24-16-8-4-7-15(12-16)18(23)21-19-20-13-17(25-19)11-14-5-2-1-3-6-14/h1-8,12-13,22H,9-11H2,(H,20,21,23).